The van der Waals surface area contributed by atoms with E-state index in [2.05, 4.69) is 0 Å². The second kappa shape index (κ2) is 5.35. The quantitative estimate of drug-likeness (QED) is 0.599. The van der Waals surface area contributed by atoms with Crippen molar-refractivity contribution >= 4 is 17.6 Å². The van der Waals surface area contributed by atoms with E-state index in [0.717, 1.165) is 5.56 Å². The number of benzene rings is 1. The summed E-state index contributed by atoms with van der Waals surface area (Å²) >= 11 is 6.00. The summed E-state index contributed by atoms with van der Waals surface area (Å²) in [7, 11) is 0. The molecule has 0 aromatic heterocycles. The Hall–Kier alpha value is -1.02. The molecule has 0 fully saturated rings. The number of carbonyl (C=O) groups excluding carboxylic acids is 1. The molecule has 0 bridgehead atoms. The molecule has 0 N–H and O–H groups in total. The monoisotopic (exact) mass is 240 g/mol. The van der Waals surface area contributed by atoms with Crippen molar-refractivity contribution in [3.05, 3.63) is 35.9 Å². The Kier molecular flexibility index (Phi) is 4.36. The highest BCUT2D eigenvalue weighted by atomic mass is 35.5. The lowest BCUT2D eigenvalue weighted by molar-refractivity contribution is -0.154. The van der Waals surface area contributed by atoms with E-state index in [1.807, 2.05) is 51.1 Å². The lowest BCUT2D eigenvalue weighted by atomic mass is 10.1. The van der Waals surface area contributed by atoms with E-state index in [1.54, 1.807) is 0 Å². The van der Waals surface area contributed by atoms with Crippen LogP contribution >= 0.6 is 11.6 Å². The topological polar surface area (TPSA) is 26.3 Å². The number of hydrogen-bond acceptors (Lipinski definition) is 2. The van der Waals surface area contributed by atoms with E-state index in [-0.39, 0.29) is 5.97 Å². The maximum Gasteiger partial charge on any atom is 0.324 e. The van der Waals surface area contributed by atoms with Crippen LogP contribution in [-0.4, -0.2) is 16.9 Å². The van der Waals surface area contributed by atoms with Crippen LogP contribution in [0, 0.1) is 0 Å². The minimum atomic E-state index is -0.623. The molecule has 0 aliphatic carbocycles. The normalized spacial score (nSPS) is 13.2. The number of rotatable bonds is 3. The fourth-order valence-electron chi connectivity index (χ4n) is 1.27. The van der Waals surface area contributed by atoms with Crippen LogP contribution in [0.25, 0.3) is 0 Å². The third kappa shape index (κ3) is 4.67. The van der Waals surface area contributed by atoms with Crippen LogP contribution in [0.4, 0.5) is 0 Å². The first kappa shape index (κ1) is 13.0. The van der Waals surface area contributed by atoms with Crippen molar-refractivity contribution in [3.63, 3.8) is 0 Å². The fourth-order valence-corrected chi connectivity index (χ4v) is 1.49. The van der Waals surface area contributed by atoms with Crippen molar-refractivity contribution in [2.24, 2.45) is 0 Å². The van der Waals surface area contributed by atoms with Gasteiger partial charge in [0.05, 0.1) is 0 Å². The second-order valence-corrected chi connectivity index (χ2v) is 5.22. The summed E-state index contributed by atoms with van der Waals surface area (Å²) in [5.74, 6) is -0.363. The van der Waals surface area contributed by atoms with Gasteiger partial charge in [-0.2, -0.15) is 0 Å². The summed E-state index contributed by atoms with van der Waals surface area (Å²) in [6, 6.07) is 9.67. The van der Waals surface area contributed by atoms with Gasteiger partial charge in [0, 0.05) is 0 Å². The number of halogens is 1. The molecular formula is C13H17ClO2. The zero-order chi connectivity index (χ0) is 12.2. The van der Waals surface area contributed by atoms with Crippen molar-refractivity contribution < 1.29 is 9.53 Å². The van der Waals surface area contributed by atoms with Crippen LogP contribution < -0.4 is 0 Å². The maximum absolute atomic E-state index is 11.6. The molecule has 16 heavy (non-hydrogen) atoms. The lowest BCUT2D eigenvalue weighted by Gasteiger charge is -2.21. The molecule has 0 aliphatic heterocycles. The fraction of sp³-hybridized carbons (Fsp3) is 0.462. The number of hydrogen-bond donors (Lipinski definition) is 0. The van der Waals surface area contributed by atoms with E-state index in [4.69, 9.17) is 16.3 Å². The van der Waals surface area contributed by atoms with Gasteiger partial charge in [0.2, 0.25) is 0 Å². The molecule has 88 valence electrons. The molecule has 0 spiro atoms. The van der Waals surface area contributed by atoms with Crippen LogP contribution in [0.1, 0.15) is 26.3 Å². The Morgan fingerprint density at radius 2 is 1.88 bits per heavy atom. The maximum atomic E-state index is 11.6. The van der Waals surface area contributed by atoms with Gasteiger partial charge in [-0.1, -0.05) is 30.3 Å². The molecule has 1 rings (SSSR count). The van der Waals surface area contributed by atoms with Crippen LogP contribution in [0.3, 0.4) is 0 Å². The van der Waals surface area contributed by atoms with E-state index in [1.165, 1.54) is 0 Å². The predicted octanol–water partition coefficient (Wildman–Crippen LogP) is 3.18. The Bertz CT molecular complexity index is 341. The average molecular weight is 241 g/mol. The number of carbonyl (C=O) groups is 1. The molecular weight excluding hydrogens is 224 g/mol. The molecule has 3 heteroatoms. The van der Waals surface area contributed by atoms with E-state index in [9.17, 15) is 4.79 Å². The van der Waals surface area contributed by atoms with Gasteiger partial charge < -0.3 is 4.74 Å². The average Bonchev–Trinajstić information content (AvgIpc) is 2.16. The van der Waals surface area contributed by atoms with Crippen molar-refractivity contribution in [3.8, 4) is 0 Å². The van der Waals surface area contributed by atoms with Crippen molar-refractivity contribution in [2.75, 3.05) is 0 Å². The highest BCUT2D eigenvalue weighted by Crippen LogP contribution is 2.14. The highest BCUT2D eigenvalue weighted by Gasteiger charge is 2.23. The van der Waals surface area contributed by atoms with Gasteiger partial charge >= 0.3 is 5.97 Å². The van der Waals surface area contributed by atoms with Crippen molar-refractivity contribution in [1.29, 1.82) is 0 Å². The standard InChI is InChI=1S/C13H17ClO2/c1-13(2,3)16-12(15)11(14)9-10-7-5-4-6-8-10/h4-8,11H,9H2,1-3H3. The third-order valence-electron chi connectivity index (χ3n) is 1.92. The first-order valence-electron chi connectivity index (χ1n) is 5.29. The molecule has 0 heterocycles. The number of alkyl halides is 1. The molecule has 0 saturated carbocycles. The summed E-state index contributed by atoms with van der Waals surface area (Å²) in [4.78, 5) is 11.6. The molecule has 0 aliphatic rings. The van der Waals surface area contributed by atoms with E-state index in [0.29, 0.717) is 6.42 Å². The molecule has 1 atom stereocenters. The molecule has 1 unspecified atom stereocenters. The second-order valence-electron chi connectivity index (χ2n) is 4.69. The Morgan fingerprint density at radius 3 is 2.38 bits per heavy atom. The number of ether oxygens (including phenoxy) is 1. The zero-order valence-electron chi connectivity index (χ0n) is 9.87. The van der Waals surface area contributed by atoms with Gasteiger partial charge in [-0.25, -0.2) is 0 Å². The summed E-state index contributed by atoms with van der Waals surface area (Å²) in [5, 5.41) is -0.623. The van der Waals surface area contributed by atoms with Crippen LogP contribution in [0.15, 0.2) is 30.3 Å². The predicted molar refractivity (Wildman–Crippen MR) is 65.6 cm³/mol. The minimum absolute atomic E-state index is 0.363. The van der Waals surface area contributed by atoms with Gasteiger partial charge in [-0.05, 0) is 32.8 Å². The molecule has 0 saturated heterocycles. The molecule has 1 aromatic rings. The lowest BCUT2D eigenvalue weighted by Crippen LogP contribution is -2.30. The molecule has 0 radical (unpaired) electrons. The minimum Gasteiger partial charge on any atom is -0.459 e. The Balaban J connectivity index is 2.53. The summed E-state index contributed by atoms with van der Waals surface area (Å²) < 4.78 is 5.20. The van der Waals surface area contributed by atoms with Gasteiger partial charge in [-0.3, -0.25) is 4.79 Å². The first-order valence-corrected chi connectivity index (χ1v) is 5.73. The van der Waals surface area contributed by atoms with Crippen LogP contribution in [-0.2, 0) is 16.0 Å². The zero-order valence-corrected chi connectivity index (χ0v) is 10.6. The molecule has 2 nitrogen and oxygen atoms in total. The summed E-state index contributed by atoms with van der Waals surface area (Å²) in [6.45, 7) is 5.49. The smallest absolute Gasteiger partial charge is 0.324 e. The Morgan fingerprint density at radius 1 is 1.31 bits per heavy atom. The van der Waals surface area contributed by atoms with E-state index < -0.39 is 11.0 Å². The molecule has 0 amide bonds. The highest BCUT2D eigenvalue weighted by molar-refractivity contribution is 6.30. The third-order valence-corrected chi connectivity index (χ3v) is 2.25. The van der Waals surface area contributed by atoms with Crippen molar-refractivity contribution in [2.45, 2.75) is 38.2 Å². The Labute approximate surface area is 102 Å². The first-order chi connectivity index (χ1) is 7.38. The number of esters is 1. The van der Waals surface area contributed by atoms with Crippen molar-refractivity contribution in [1.82, 2.24) is 0 Å². The van der Waals surface area contributed by atoms with Gasteiger partial charge in [0.15, 0.2) is 0 Å². The summed E-state index contributed by atoms with van der Waals surface area (Å²) in [6.07, 6.45) is 0.497. The van der Waals surface area contributed by atoms with Crippen LogP contribution in [0.5, 0.6) is 0 Å². The van der Waals surface area contributed by atoms with Crippen LogP contribution in [0.2, 0.25) is 0 Å². The van der Waals surface area contributed by atoms with Gasteiger partial charge in [0.25, 0.3) is 0 Å². The van der Waals surface area contributed by atoms with E-state index >= 15 is 0 Å². The van der Waals surface area contributed by atoms with Gasteiger partial charge in [-0.15, -0.1) is 11.6 Å². The SMILES string of the molecule is CC(C)(C)OC(=O)C(Cl)Cc1ccccc1. The summed E-state index contributed by atoms with van der Waals surface area (Å²) in [5.41, 5.74) is 0.550. The molecule has 1 aromatic carbocycles. The largest absolute Gasteiger partial charge is 0.459 e. The van der Waals surface area contributed by atoms with Gasteiger partial charge in [0.1, 0.15) is 11.0 Å².